The Morgan fingerprint density at radius 2 is 1.70 bits per heavy atom. The van der Waals surface area contributed by atoms with Crippen LogP contribution in [0.2, 0.25) is 36.3 Å². The van der Waals surface area contributed by atoms with Gasteiger partial charge in [0.15, 0.2) is 28.5 Å². The fraction of sp³-hybridized carbons (Fsp3) is 0.750. The number of amides is 2. The summed E-state index contributed by atoms with van der Waals surface area (Å²) in [6, 6.07) is -2.12. The molecule has 4 rings (SSSR count). The largest absolute Gasteiger partial charge is 0.481 e. The van der Waals surface area contributed by atoms with Gasteiger partial charge in [-0.05, 0) is 62.5 Å². The predicted molar refractivity (Wildman–Crippen MR) is 216 cm³/mol. The molecule has 18 nitrogen and oxygen atoms in total. The zero-order valence-corrected chi connectivity index (χ0v) is 37.9. The smallest absolute Gasteiger partial charge is 0.333 e. The number of hydrogen-bond acceptors (Lipinski definition) is 13. The number of hydrogen-bond donors (Lipinski definition) is 4. The molecule has 2 fully saturated rings. The van der Waals surface area contributed by atoms with Crippen molar-refractivity contribution >= 4 is 44.5 Å². The summed E-state index contributed by atoms with van der Waals surface area (Å²) in [5.41, 5.74) is 9.15. The molecule has 2 amide bonds. The molecule has 6 N–H and O–H groups in total. The fourth-order valence-electron chi connectivity index (χ4n) is 6.71. The Balaban J connectivity index is 1.68. The van der Waals surface area contributed by atoms with E-state index in [1.807, 2.05) is 47.0 Å². The van der Waals surface area contributed by atoms with Crippen molar-refractivity contribution in [2.45, 2.75) is 153 Å². The van der Waals surface area contributed by atoms with Gasteiger partial charge in [-0.3, -0.25) is 28.3 Å². The van der Waals surface area contributed by atoms with E-state index < -0.39 is 98.3 Å². The number of likely N-dealkylation sites (tertiary alicyclic amines) is 1. The molecule has 2 saturated heterocycles. The molecule has 4 heterocycles. The van der Waals surface area contributed by atoms with Gasteiger partial charge in [-0.1, -0.05) is 41.5 Å². The minimum absolute atomic E-state index is 0.0401. The molecule has 1 aromatic rings. The number of aromatic nitrogens is 2. The highest BCUT2D eigenvalue weighted by Gasteiger charge is 2.67. The Kier molecular flexibility index (Phi) is 13.4. The minimum atomic E-state index is -4.32. The van der Waals surface area contributed by atoms with Gasteiger partial charge in [-0.25, -0.2) is 8.98 Å². The van der Waals surface area contributed by atoms with Crippen LogP contribution in [-0.2, 0) is 48.8 Å². The Hall–Kier alpha value is -3.19. The van der Waals surface area contributed by atoms with Crippen LogP contribution >= 0.6 is 0 Å². The summed E-state index contributed by atoms with van der Waals surface area (Å²) in [4.78, 5) is 66.2. The lowest BCUT2D eigenvalue weighted by molar-refractivity contribution is -0.143. The topological polar surface area (TPSA) is 254 Å². The van der Waals surface area contributed by atoms with Gasteiger partial charge in [0.25, 0.3) is 15.7 Å². The molecule has 3 aliphatic rings. The minimum Gasteiger partial charge on any atom is -0.481 e. The lowest BCUT2D eigenvalue weighted by Gasteiger charge is -2.43. The van der Waals surface area contributed by atoms with Crippen molar-refractivity contribution in [3.8, 4) is 0 Å². The van der Waals surface area contributed by atoms with Crippen LogP contribution in [0.25, 0.3) is 0 Å². The van der Waals surface area contributed by atoms with Crippen LogP contribution in [0.1, 0.15) is 79.0 Å². The first-order valence-corrected chi connectivity index (χ1v) is 26.5. The van der Waals surface area contributed by atoms with Crippen LogP contribution in [-0.4, -0.2) is 112 Å². The number of ether oxygens (including phenoxy) is 1. The Morgan fingerprint density at radius 1 is 1.09 bits per heavy atom. The monoisotopic (exact) mass is 858 g/mol. The molecule has 6 atom stereocenters. The van der Waals surface area contributed by atoms with Crippen LogP contribution < -0.4 is 28.0 Å². The molecule has 1 aromatic heterocycles. The molecule has 21 heteroatoms. The van der Waals surface area contributed by atoms with Crippen molar-refractivity contribution < 1.29 is 45.7 Å². The van der Waals surface area contributed by atoms with E-state index >= 15 is 0 Å². The van der Waals surface area contributed by atoms with Gasteiger partial charge in [-0.15, -0.1) is 0 Å². The maximum Gasteiger partial charge on any atom is 0.333 e. The number of nitrogens with one attached hydrogen (secondary N) is 1. The van der Waals surface area contributed by atoms with E-state index in [0.717, 1.165) is 9.98 Å². The third-order valence-corrected chi connectivity index (χ3v) is 22.1. The van der Waals surface area contributed by atoms with Gasteiger partial charge in [0.1, 0.15) is 18.2 Å². The van der Waals surface area contributed by atoms with Gasteiger partial charge in [0.2, 0.25) is 11.8 Å². The lowest BCUT2D eigenvalue weighted by Crippen LogP contribution is -2.59. The molecular formula is C36H62N6O12SSi2. The standard InChI is InChI=1S/C36H62N6O12SSi2/c1-22-19-42(33(48)41(30(22)46)17-13-15-39-29(45)24-14-12-16-40(24)31(47)23(37)18-27(43)44)32-28(53-57(10,11)35(5,6)7)36(25(38)21-55(49,50)54-36)26(52-32)20-51-56(8,9)34(2,3)4/h19,21,23-24,26,28,32H,12-18,20,37-38H2,1-11H3,(H,39,45)(H,43,44)/t23-,24-,26?,28?,32?,36?/m0/s1. The molecule has 4 unspecified atom stereocenters. The summed E-state index contributed by atoms with van der Waals surface area (Å²) >= 11 is 0. The number of aryl methyl sites for hydroxylation is 1. The summed E-state index contributed by atoms with van der Waals surface area (Å²) in [7, 11) is -9.59. The molecule has 0 bridgehead atoms. The van der Waals surface area contributed by atoms with Gasteiger partial charge in [0.05, 0.1) is 30.2 Å². The Labute approximate surface area is 336 Å². The number of aliphatic carboxylic acids is 1. The van der Waals surface area contributed by atoms with Crippen molar-refractivity contribution in [3.63, 3.8) is 0 Å². The average molecular weight is 859 g/mol. The average Bonchev–Trinajstić information content (AvgIpc) is 3.73. The first-order chi connectivity index (χ1) is 26.0. The van der Waals surface area contributed by atoms with E-state index in [0.29, 0.717) is 12.8 Å². The molecule has 0 aromatic carbocycles. The van der Waals surface area contributed by atoms with Crippen molar-refractivity contribution in [1.82, 2.24) is 19.4 Å². The van der Waals surface area contributed by atoms with Crippen LogP contribution in [0.4, 0.5) is 0 Å². The van der Waals surface area contributed by atoms with Crippen molar-refractivity contribution in [2.75, 3.05) is 19.7 Å². The summed E-state index contributed by atoms with van der Waals surface area (Å²) in [6.07, 6.45) is -1.91. The quantitative estimate of drug-likeness (QED) is 0.118. The normalized spacial score (nSPS) is 25.8. The van der Waals surface area contributed by atoms with E-state index in [1.54, 1.807) is 0 Å². The lowest BCUT2D eigenvalue weighted by atomic mass is 9.89. The van der Waals surface area contributed by atoms with E-state index in [9.17, 15) is 32.4 Å². The second-order valence-electron chi connectivity index (χ2n) is 18.3. The number of carbonyl (C=O) groups is 3. The van der Waals surface area contributed by atoms with Gasteiger partial charge >= 0.3 is 11.7 Å². The number of rotatable bonds is 14. The van der Waals surface area contributed by atoms with Gasteiger partial charge < -0.3 is 40.4 Å². The van der Waals surface area contributed by atoms with Gasteiger partial charge in [-0.2, -0.15) is 8.42 Å². The number of carboxylic acid groups (broad SMARTS) is 1. The number of carbonyl (C=O) groups excluding carboxylic acids is 2. The van der Waals surface area contributed by atoms with E-state index in [1.165, 1.54) is 22.6 Å². The maximum atomic E-state index is 14.4. The SMILES string of the molecule is Cc1cn(C2OC(CO[Si](C)(C)C(C)(C)C)C3(OS(=O)(=O)C=C3N)C2O[Si](C)(C)C(C)(C)C)c(=O)n(CCCNC(=O)[C@@H]2CCCN2C(=O)[C@@H](N)CC(=O)O)c1=O. The zero-order chi connectivity index (χ0) is 43.3. The number of nitrogens with two attached hydrogens (primary N) is 2. The summed E-state index contributed by atoms with van der Waals surface area (Å²) in [5, 5.41) is 12.0. The number of carboxylic acids is 1. The zero-order valence-electron chi connectivity index (χ0n) is 35.0. The second kappa shape index (κ2) is 16.5. The maximum absolute atomic E-state index is 14.4. The molecule has 0 saturated carbocycles. The molecule has 57 heavy (non-hydrogen) atoms. The first kappa shape index (κ1) is 46.5. The van der Waals surface area contributed by atoms with Crippen molar-refractivity contribution in [1.29, 1.82) is 0 Å². The summed E-state index contributed by atoms with van der Waals surface area (Å²) in [5.74, 6) is -2.31. The highest BCUT2D eigenvalue weighted by Crippen LogP contribution is 2.52. The predicted octanol–water partition coefficient (Wildman–Crippen LogP) is 1.83. The van der Waals surface area contributed by atoms with Crippen LogP contribution in [0, 0.1) is 6.92 Å². The third kappa shape index (κ3) is 9.50. The highest BCUT2D eigenvalue weighted by molar-refractivity contribution is 7.90. The van der Waals surface area contributed by atoms with Crippen LogP contribution in [0.15, 0.2) is 26.9 Å². The number of nitrogens with zero attached hydrogens (tertiary/aromatic N) is 3. The molecule has 0 aliphatic carbocycles. The summed E-state index contributed by atoms with van der Waals surface area (Å²) in [6.45, 7) is 21.8. The molecule has 3 aliphatic heterocycles. The molecule has 322 valence electrons. The van der Waals surface area contributed by atoms with Gasteiger partial charge in [0, 0.05) is 31.4 Å². The Morgan fingerprint density at radius 3 is 2.25 bits per heavy atom. The van der Waals surface area contributed by atoms with E-state index in [2.05, 4.69) is 26.1 Å². The summed E-state index contributed by atoms with van der Waals surface area (Å²) < 4.78 is 54.6. The van der Waals surface area contributed by atoms with Crippen LogP contribution in [0.3, 0.4) is 0 Å². The van der Waals surface area contributed by atoms with Crippen molar-refractivity contribution in [2.24, 2.45) is 11.5 Å². The molecule has 1 spiro atoms. The third-order valence-electron chi connectivity index (χ3n) is 12.1. The van der Waals surface area contributed by atoms with E-state index in [-0.39, 0.29) is 54.0 Å². The van der Waals surface area contributed by atoms with Crippen molar-refractivity contribution in [3.05, 3.63) is 43.7 Å². The molecule has 0 radical (unpaired) electrons. The first-order valence-electron chi connectivity index (χ1n) is 19.3. The fourth-order valence-corrected chi connectivity index (χ4v) is 10.2. The van der Waals surface area contributed by atoms with E-state index in [4.69, 9.17) is 34.3 Å². The van der Waals surface area contributed by atoms with Crippen LogP contribution in [0.5, 0.6) is 0 Å². The Bertz CT molecular complexity index is 1990. The highest BCUT2D eigenvalue weighted by atomic mass is 32.2. The second-order valence-corrected chi connectivity index (χ2v) is 29.3. The molecular weight excluding hydrogens is 797 g/mol.